The first-order chi connectivity index (χ1) is 15.0. The number of hydrogen-bond acceptors (Lipinski definition) is 5. The molecular weight excluding hydrogens is 425 g/mol. The van der Waals surface area contributed by atoms with Crippen LogP contribution >= 0.6 is 11.6 Å². The number of nitrogens with one attached hydrogen (secondary N) is 2. The lowest BCUT2D eigenvalue weighted by atomic mass is 10.2. The Morgan fingerprint density at radius 1 is 1.29 bits per heavy atom. The first-order valence-electron chi connectivity index (χ1n) is 9.10. The van der Waals surface area contributed by atoms with Crippen molar-refractivity contribution in [2.24, 2.45) is 0 Å². The molecule has 1 aliphatic rings. The van der Waals surface area contributed by atoms with E-state index in [2.05, 4.69) is 15.6 Å². The van der Waals surface area contributed by atoms with Crippen LogP contribution in [0.25, 0.3) is 6.08 Å². The maximum absolute atomic E-state index is 14.3. The summed E-state index contributed by atoms with van der Waals surface area (Å²) in [7, 11) is 0. The summed E-state index contributed by atoms with van der Waals surface area (Å²) in [5.74, 6) is -0.486. The number of amides is 2. The highest BCUT2D eigenvalue weighted by Gasteiger charge is 2.18. The highest BCUT2D eigenvalue weighted by atomic mass is 35.5. The van der Waals surface area contributed by atoms with E-state index in [9.17, 15) is 14.0 Å². The second-order valence-corrected chi connectivity index (χ2v) is 6.88. The van der Waals surface area contributed by atoms with Gasteiger partial charge >= 0.3 is 0 Å². The van der Waals surface area contributed by atoms with Crippen LogP contribution < -0.4 is 20.1 Å². The predicted octanol–water partition coefficient (Wildman–Crippen LogP) is 4.65. The molecule has 2 heterocycles. The van der Waals surface area contributed by atoms with E-state index in [-0.39, 0.29) is 23.3 Å². The van der Waals surface area contributed by atoms with Crippen LogP contribution in [-0.4, -0.2) is 23.4 Å². The Balaban J connectivity index is 1.42. The number of halogens is 2. The summed E-state index contributed by atoms with van der Waals surface area (Å²) < 4.78 is 25.1. The molecule has 0 spiro atoms. The molecule has 0 unspecified atom stereocenters. The van der Waals surface area contributed by atoms with Crippen molar-refractivity contribution in [2.75, 3.05) is 17.2 Å². The third-order valence-electron chi connectivity index (χ3n) is 4.21. The quantitative estimate of drug-likeness (QED) is 0.565. The number of fused-ring (bicyclic) bond motifs is 1. The van der Waals surface area contributed by atoms with E-state index in [0.717, 1.165) is 0 Å². The molecule has 1 aromatic heterocycles. The summed E-state index contributed by atoms with van der Waals surface area (Å²) in [6.45, 7) is -0.117. The van der Waals surface area contributed by atoms with Crippen LogP contribution in [-0.2, 0) is 9.59 Å². The molecule has 7 nitrogen and oxygen atoms in total. The van der Waals surface area contributed by atoms with Gasteiger partial charge < -0.3 is 20.1 Å². The Hall–Kier alpha value is -3.91. The number of hydrogen-bond donors (Lipinski definition) is 2. The molecule has 9 heteroatoms. The number of pyridine rings is 1. The summed E-state index contributed by atoms with van der Waals surface area (Å²) >= 11 is 6.16. The number of ether oxygens (including phenoxy) is 2. The van der Waals surface area contributed by atoms with Crippen molar-refractivity contribution in [3.63, 3.8) is 0 Å². The zero-order valence-electron chi connectivity index (χ0n) is 15.9. The summed E-state index contributed by atoms with van der Waals surface area (Å²) in [5.41, 5.74) is 1.21. The molecule has 4 rings (SSSR count). The molecule has 2 amide bonds. The van der Waals surface area contributed by atoms with Gasteiger partial charge in [0.2, 0.25) is 5.91 Å². The summed E-state index contributed by atoms with van der Waals surface area (Å²) in [5, 5.41) is 5.48. The van der Waals surface area contributed by atoms with Crippen molar-refractivity contribution >= 4 is 40.9 Å². The van der Waals surface area contributed by atoms with Crippen LogP contribution in [0.15, 0.2) is 60.9 Å². The van der Waals surface area contributed by atoms with E-state index in [1.165, 1.54) is 42.6 Å². The molecule has 0 atom stereocenters. The van der Waals surface area contributed by atoms with Crippen molar-refractivity contribution in [3.05, 3.63) is 77.3 Å². The van der Waals surface area contributed by atoms with Crippen molar-refractivity contribution in [1.29, 1.82) is 0 Å². The lowest BCUT2D eigenvalue weighted by molar-refractivity contribution is -0.118. The van der Waals surface area contributed by atoms with Crippen molar-refractivity contribution in [2.45, 2.75) is 0 Å². The fourth-order valence-corrected chi connectivity index (χ4v) is 2.99. The molecule has 0 radical (unpaired) electrons. The molecule has 0 saturated heterocycles. The highest BCUT2D eigenvalue weighted by Crippen LogP contribution is 2.36. The first kappa shape index (κ1) is 20.4. The smallest absolute Gasteiger partial charge is 0.262 e. The fraction of sp³-hybridized carbons (Fsp3) is 0.0455. The van der Waals surface area contributed by atoms with E-state index >= 15 is 0 Å². The number of anilines is 2. The number of nitrogens with zero attached hydrogens (tertiary/aromatic N) is 1. The van der Waals surface area contributed by atoms with E-state index in [1.807, 2.05) is 0 Å². The Morgan fingerprint density at radius 3 is 2.94 bits per heavy atom. The Bertz CT molecular complexity index is 1180. The highest BCUT2D eigenvalue weighted by molar-refractivity contribution is 6.34. The van der Waals surface area contributed by atoms with E-state index in [0.29, 0.717) is 28.4 Å². The largest absolute Gasteiger partial charge is 0.482 e. The van der Waals surface area contributed by atoms with Gasteiger partial charge in [-0.05, 0) is 42.0 Å². The number of carbonyl (C=O) groups excluding carboxylic acids is 2. The summed E-state index contributed by atoms with van der Waals surface area (Å²) in [4.78, 5) is 27.5. The predicted molar refractivity (Wildman–Crippen MR) is 114 cm³/mol. The van der Waals surface area contributed by atoms with Gasteiger partial charge in [0.05, 0.1) is 22.6 Å². The average Bonchev–Trinajstić information content (AvgIpc) is 2.75. The summed E-state index contributed by atoms with van der Waals surface area (Å²) in [6.07, 6.45) is 5.76. The van der Waals surface area contributed by atoms with Crippen LogP contribution in [0, 0.1) is 5.82 Å². The lowest BCUT2D eigenvalue weighted by Crippen LogP contribution is -2.25. The van der Waals surface area contributed by atoms with Crippen LogP contribution in [0.3, 0.4) is 0 Å². The SMILES string of the molecule is O=C(/C=C/c1ccc(Oc2cccnc2)c(F)c1)Nc1cc2c(cc1Cl)NC(=O)CO2. The van der Waals surface area contributed by atoms with E-state index in [4.69, 9.17) is 21.1 Å². The van der Waals surface area contributed by atoms with Crippen molar-refractivity contribution in [3.8, 4) is 17.2 Å². The number of benzene rings is 2. The van der Waals surface area contributed by atoms with Crippen molar-refractivity contribution in [1.82, 2.24) is 4.98 Å². The standard InChI is InChI=1S/C22H15ClFN3O4/c23-15-9-18-20(30-12-22(29)27-18)10-17(15)26-21(28)6-4-13-3-5-19(16(24)8-13)31-14-2-1-7-25-11-14/h1-11H,12H2,(H,26,28)(H,27,29)/b6-4+. The van der Waals surface area contributed by atoms with Crippen molar-refractivity contribution < 1.29 is 23.5 Å². The summed E-state index contributed by atoms with van der Waals surface area (Å²) in [6, 6.07) is 10.7. The minimum atomic E-state index is -0.580. The first-order valence-corrected chi connectivity index (χ1v) is 9.48. The molecule has 2 aromatic carbocycles. The van der Waals surface area contributed by atoms with Gasteiger partial charge in [-0.25, -0.2) is 4.39 Å². The maximum Gasteiger partial charge on any atom is 0.262 e. The van der Waals surface area contributed by atoms with E-state index in [1.54, 1.807) is 24.4 Å². The lowest BCUT2D eigenvalue weighted by Gasteiger charge is -2.19. The monoisotopic (exact) mass is 439 g/mol. The van der Waals surface area contributed by atoms with Crippen LogP contribution in [0.1, 0.15) is 5.56 Å². The van der Waals surface area contributed by atoms with Crippen LogP contribution in [0.4, 0.5) is 15.8 Å². The molecule has 0 aliphatic carbocycles. The minimum Gasteiger partial charge on any atom is -0.482 e. The molecule has 3 aromatic rings. The second kappa shape index (κ2) is 8.85. The van der Waals surface area contributed by atoms with Gasteiger partial charge in [-0.2, -0.15) is 0 Å². The van der Waals surface area contributed by atoms with E-state index < -0.39 is 11.7 Å². The fourth-order valence-electron chi connectivity index (χ4n) is 2.78. The zero-order valence-corrected chi connectivity index (χ0v) is 16.7. The Kier molecular flexibility index (Phi) is 5.81. The molecular formula is C22H15ClFN3O4. The Labute approximate surface area is 181 Å². The maximum atomic E-state index is 14.3. The van der Waals surface area contributed by atoms with Gasteiger partial charge in [0.25, 0.3) is 5.91 Å². The Morgan fingerprint density at radius 2 is 2.16 bits per heavy atom. The molecule has 1 aliphatic heterocycles. The molecule has 0 fully saturated rings. The molecule has 31 heavy (non-hydrogen) atoms. The third-order valence-corrected chi connectivity index (χ3v) is 4.52. The minimum absolute atomic E-state index is 0.0440. The van der Waals surface area contributed by atoms with Gasteiger partial charge in [0, 0.05) is 18.3 Å². The zero-order chi connectivity index (χ0) is 21.8. The number of aromatic nitrogens is 1. The van der Waals surface area contributed by atoms with Gasteiger partial charge in [0.1, 0.15) is 11.5 Å². The average molecular weight is 440 g/mol. The molecule has 156 valence electrons. The van der Waals surface area contributed by atoms with Gasteiger partial charge in [-0.15, -0.1) is 0 Å². The second-order valence-electron chi connectivity index (χ2n) is 6.47. The topological polar surface area (TPSA) is 89.5 Å². The van der Waals surface area contributed by atoms with Gasteiger partial charge in [-0.1, -0.05) is 17.7 Å². The third kappa shape index (κ3) is 4.99. The van der Waals surface area contributed by atoms with Gasteiger partial charge in [0.15, 0.2) is 18.2 Å². The normalized spacial score (nSPS) is 12.6. The van der Waals surface area contributed by atoms with Crippen LogP contribution in [0.5, 0.6) is 17.2 Å². The number of rotatable bonds is 5. The molecule has 0 saturated carbocycles. The van der Waals surface area contributed by atoms with Gasteiger partial charge in [-0.3, -0.25) is 14.6 Å². The number of carbonyl (C=O) groups is 2. The van der Waals surface area contributed by atoms with Crippen LogP contribution in [0.2, 0.25) is 5.02 Å². The molecule has 0 bridgehead atoms. The molecule has 2 N–H and O–H groups in total.